The molecule has 0 saturated heterocycles. The molecule has 0 heterocycles. The number of nitrogens with one attached hydrogen (secondary N) is 1. The van der Waals surface area contributed by atoms with Crippen LogP contribution in [0, 0.1) is 6.92 Å². The monoisotopic (exact) mass is 430 g/mol. The topological polar surface area (TPSA) is 66.5 Å². The second kappa shape index (κ2) is 7.55. The lowest BCUT2D eigenvalue weighted by atomic mass is 10.2. The minimum atomic E-state index is -3.65. The SMILES string of the molecule is Cc1c(Cl)cccc1N(CC(=O)Nc1cccc(Br)c1)S(C)(=O)=O. The Morgan fingerprint density at radius 1 is 1.25 bits per heavy atom. The highest BCUT2D eigenvalue weighted by Gasteiger charge is 2.23. The van der Waals surface area contributed by atoms with Gasteiger partial charge in [-0.2, -0.15) is 0 Å². The third kappa shape index (κ3) is 4.72. The molecule has 24 heavy (non-hydrogen) atoms. The quantitative estimate of drug-likeness (QED) is 0.783. The number of halogens is 2. The Kier molecular flexibility index (Phi) is 5.90. The molecule has 1 amide bonds. The molecule has 0 radical (unpaired) electrons. The van der Waals surface area contributed by atoms with Crippen LogP contribution in [-0.4, -0.2) is 27.1 Å². The van der Waals surface area contributed by atoms with E-state index in [4.69, 9.17) is 11.6 Å². The molecule has 2 aromatic carbocycles. The number of benzene rings is 2. The summed E-state index contributed by atoms with van der Waals surface area (Å²) in [5.41, 5.74) is 1.56. The predicted molar refractivity (Wildman–Crippen MR) is 101 cm³/mol. The van der Waals surface area contributed by atoms with Gasteiger partial charge in [-0.15, -0.1) is 0 Å². The van der Waals surface area contributed by atoms with Crippen molar-refractivity contribution in [2.45, 2.75) is 6.92 Å². The molecule has 0 aliphatic rings. The number of hydrogen-bond acceptors (Lipinski definition) is 3. The van der Waals surface area contributed by atoms with E-state index in [1.807, 2.05) is 6.07 Å². The summed E-state index contributed by atoms with van der Waals surface area (Å²) in [6, 6.07) is 12.0. The fraction of sp³-hybridized carbons (Fsp3) is 0.188. The van der Waals surface area contributed by atoms with E-state index in [1.54, 1.807) is 43.3 Å². The lowest BCUT2D eigenvalue weighted by Gasteiger charge is -2.24. The second-order valence-corrected chi connectivity index (χ2v) is 8.44. The first-order valence-electron chi connectivity index (χ1n) is 6.97. The number of carbonyl (C=O) groups excluding carboxylic acids is 1. The Morgan fingerprint density at radius 3 is 2.54 bits per heavy atom. The van der Waals surface area contributed by atoms with Crippen molar-refractivity contribution >= 4 is 54.8 Å². The lowest BCUT2D eigenvalue weighted by Crippen LogP contribution is -2.37. The Balaban J connectivity index is 2.27. The summed E-state index contributed by atoms with van der Waals surface area (Å²) >= 11 is 9.38. The maximum Gasteiger partial charge on any atom is 0.245 e. The van der Waals surface area contributed by atoms with Crippen LogP contribution in [0.25, 0.3) is 0 Å². The van der Waals surface area contributed by atoms with Gasteiger partial charge >= 0.3 is 0 Å². The molecule has 0 atom stereocenters. The van der Waals surface area contributed by atoms with Crippen LogP contribution in [0.15, 0.2) is 46.9 Å². The zero-order valence-electron chi connectivity index (χ0n) is 13.1. The minimum Gasteiger partial charge on any atom is -0.324 e. The molecule has 0 aliphatic heterocycles. The van der Waals surface area contributed by atoms with Gasteiger partial charge < -0.3 is 5.32 Å². The van der Waals surface area contributed by atoms with E-state index in [0.717, 1.165) is 15.0 Å². The molecule has 128 valence electrons. The van der Waals surface area contributed by atoms with Crippen molar-refractivity contribution in [3.63, 3.8) is 0 Å². The smallest absolute Gasteiger partial charge is 0.245 e. The van der Waals surface area contributed by atoms with Crippen LogP contribution in [0.1, 0.15) is 5.56 Å². The van der Waals surface area contributed by atoms with Crippen LogP contribution >= 0.6 is 27.5 Å². The van der Waals surface area contributed by atoms with Gasteiger partial charge in [0.1, 0.15) is 6.54 Å². The highest BCUT2D eigenvalue weighted by Crippen LogP contribution is 2.28. The van der Waals surface area contributed by atoms with Gasteiger partial charge in [-0.3, -0.25) is 9.10 Å². The van der Waals surface area contributed by atoms with Gasteiger partial charge in [-0.1, -0.05) is 39.7 Å². The lowest BCUT2D eigenvalue weighted by molar-refractivity contribution is -0.114. The first-order chi connectivity index (χ1) is 11.2. The maximum absolute atomic E-state index is 12.3. The van der Waals surface area contributed by atoms with Crippen molar-refractivity contribution in [1.82, 2.24) is 0 Å². The van der Waals surface area contributed by atoms with Gasteiger partial charge in [0.15, 0.2) is 0 Å². The fourth-order valence-electron chi connectivity index (χ4n) is 2.14. The largest absolute Gasteiger partial charge is 0.324 e. The van der Waals surface area contributed by atoms with Gasteiger partial charge in [0.25, 0.3) is 0 Å². The molecular weight excluding hydrogens is 416 g/mol. The summed E-state index contributed by atoms with van der Waals surface area (Å²) in [6.45, 7) is 1.37. The summed E-state index contributed by atoms with van der Waals surface area (Å²) in [7, 11) is -3.65. The molecule has 8 heteroatoms. The number of rotatable bonds is 5. The van der Waals surface area contributed by atoms with Crippen molar-refractivity contribution < 1.29 is 13.2 Å². The number of nitrogens with zero attached hydrogens (tertiary/aromatic N) is 1. The molecule has 0 spiro atoms. The minimum absolute atomic E-state index is 0.341. The Morgan fingerprint density at radius 2 is 1.92 bits per heavy atom. The normalized spacial score (nSPS) is 11.2. The average Bonchev–Trinajstić information content (AvgIpc) is 2.47. The predicted octanol–water partition coefficient (Wildman–Crippen LogP) is 3.82. The standard InChI is InChI=1S/C16H16BrClN2O3S/c1-11-14(18)7-4-8-15(11)20(24(2,22)23)10-16(21)19-13-6-3-5-12(17)9-13/h3-9H,10H2,1-2H3,(H,19,21). The molecule has 2 aromatic rings. The molecule has 0 aliphatic carbocycles. The highest BCUT2D eigenvalue weighted by atomic mass is 79.9. The van der Waals surface area contributed by atoms with E-state index in [9.17, 15) is 13.2 Å². The molecule has 2 rings (SSSR count). The summed E-state index contributed by atoms with van der Waals surface area (Å²) in [6.07, 6.45) is 1.06. The molecule has 5 nitrogen and oxygen atoms in total. The van der Waals surface area contributed by atoms with Crippen LogP contribution in [-0.2, 0) is 14.8 Å². The average molecular weight is 432 g/mol. The third-order valence-corrected chi connectivity index (χ3v) is 5.33. The van der Waals surface area contributed by atoms with E-state index >= 15 is 0 Å². The molecule has 0 fully saturated rings. The van der Waals surface area contributed by atoms with E-state index in [1.165, 1.54) is 0 Å². The van der Waals surface area contributed by atoms with Crippen molar-refractivity contribution in [3.05, 3.63) is 57.5 Å². The van der Waals surface area contributed by atoms with Crippen molar-refractivity contribution in [2.24, 2.45) is 0 Å². The first-order valence-corrected chi connectivity index (χ1v) is 9.98. The van der Waals surface area contributed by atoms with Crippen molar-refractivity contribution in [1.29, 1.82) is 0 Å². The summed E-state index contributed by atoms with van der Waals surface area (Å²) in [4.78, 5) is 12.3. The van der Waals surface area contributed by atoms with E-state index in [0.29, 0.717) is 22.0 Å². The van der Waals surface area contributed by atoms with Crippen LogP contribution in [0.2, 0.25) is 5.02 Å². The molecule has 0 saturated carbocycles. The van der Waals surface area contributed by atoms with Gasteiger partial charge in [-0.25, -0.2) is 8.42 Å². The van der Waals surface area contributed by atoms with Crippen LogP contribution in [0.5, 0.6) is 0 Å². The van der Waals surface area contributed by atoms with E-state index in [-0.39, 0.29) is 6.54 Å². The summed E-state index contributed by atoms with van der Waals surface area (Å²) in [5.74, 6) is -0.446. The van der Waals surface area contributed by atoms with E-state index in [2.05, 4.69) is 21.2 Å². The zero-order valence-corrected chi connectivity index (χ0v) is 16.2. The molecule has 1 N–H and O–H groups in total. The summed E-state index contributed by atoms with van der Waals surface area (Å²) < 4.78 is 26.1. The fourth-order valence-corrected chi connectivity index (χ4v) is 3.62. The van der Waals surface area contributed by atoms with Crippen molar-refractivity contribution in [2.75, 3.05) is 22.4 Å². The van der Waals surface area contributed by atoms with E-state index < -0.39 is 15.9 Å². The van der Waals surface area contributed by atoms with Gasteiger partial charge in [0.2, 0.25) is 15.9 Å². The number of hydrogen-bond donors (Lipinski definition) is 1. The zero-order chi connectivity index (χ0) is 17.9. The Hall–Kier alpha value is -1.57. The summed E-state index contributed by atoms with van der Waals surface area (Å²) in [5, 5.41) is 3.12. The second-order valence-electron chi connectivity index (χ2n) is 5.21. The molecule has 0 bridgehead atoms. The third-order valence-electron chi connectivity index (χ3n) is 3.30. The number of amides is 1. The Labute approximate surface area is 154 Å². The number of carbonyl (C=O) groups is 1. The Bertz CT molecular complexity index is 871. The number of sulfonamides is 1. The van der Waals surface area contributed by atoms with Gasteiger partial charge in [0.05, 0.1) is 11.9 Å². The van der Waals surface area contributed by atoms with Crippen LogP contribution in [0.4, 0.5) is 11.4 Å². The molecule has 0 aromatic heterocycles. The van der Waals surface area contributed by atoms with Crippen LogP contribution in [0.3, 0.4) is 0 Å². The van der Waals surface area contributed by atoms with Crippen LogP contribution < -0.4 is 9.62 Å². The van der Waals surface area contributed by atoms with Gasteiger partial charge in [-0.05, 0) is 42.8 Å². The van der Waals surface area contributed by atoms with Crippen molar-refractivity contribution in [3.8, 4) is 0 Å². The maximum atomic E-state index is 12.3. The highest BCUT2D eigenvalue weighted by molar-refractivity contribution is 9.10. The molecular formula is C16H16BrClN2O3S. The number of anilines is 2. The van der Waals surface area contributed by atoms with Gasteiger partial charge in [0, 0.05) is 15.2 Å². The molecule has 0 unspecified atom stereocenters. The first kappa shape index (κ1) is 18.8.